The van der Waals surface area contributed by atoms with Crippen LogP contribution in [0.5, 0.6) is 5.75 Å². The Labute approximate surface area is 132 Å². The number of hydrogen-bond donors (Lipinski definition) is 2. The molecule has 0 bridgehead atoms. The summed E-state index contributed by atoms with van der Waals surface area (Å²) in [6.45, 7) is 1.99. The van der Waals surface area contributed by atoms with Crippen LogP contribution in [0.15, 0.2) is 36.4 Å². The Morgan fingerprint density at radius 2 is 2.14 bits per heavy atom. The maximum absolute atomic E-state index is 9.86. The molecular weight excluding hydrogens is 298 g/mol. The van der Waals surface area contributed by atoms with Crippen LogP contribution in [-0.2, 0) is 0 Å². The molecule has 0 spiro atoms. The van der Waals surface area contributed by atoms with E-state index in [-0.39, 0.29) is 5.75 Å². The van der Waals surface area contributed by atoms with Crippen molar-refractivity contribution in [1.29, 1.82) is 5.26 Å². The molecule has 0 fully saturated rings. The molecule has 0 aliphatic carbocycles. The quantitative estimate of drug-likeness (QED) is 0.693. The van der Waals surface area contributed by atoms with Gasteiger partial charge in [-0.25, -0.2) is 4.98 Å². The number of hydrogen-bond acceptors (Lipinski definition) is 3. The van der Waals surface area contributed by atoms with E-state index in [4.69, 9.17) is 11.6 Å². The third-order valence-corrected chi connectivity index (χ3v) is 3.54. The summed E-state index contributed by atoms with van der Waals surface area (Å²) in [5.74, 6) is 0.520. The van der Waals surface area contributed by atoms with Gasteiger partial charge >= 0.3 is 0 Å². The van der Waals surface area contributed by atoms with Crippen molar-refractivity contribution in [3.05, 3.63) is 58.4 Å². The highest BCUT2D eigenvalue weighted by Gasteiger charge is 2.09. The topological polar surface area (TPSA) is 72.7 Å². The molecular formula is C17H12ClN3O. The molecule has 3 rings (SSSR count). The molecule has 1 aromatic heterocycles. The summed E-state index contributed by atoms with van der Waals surface area (Å²) in [7, 11) is 0. The fraction of sp³-hybridized carbons (Fsp3) is 0.0588. The summed E-state index contributed by atoms with van der Waals surface area (Å²) in [4.78, 5) is 7.54. The van der Waals surface area contributed by atoms with Crippen molar-refractivity contribution in [3.8, 4) is 11.8 Å². The first-order valence-electron chi connectivity index (χ1n) is 6.64. The molecule has 1 heterocycles. The number of phenols is 1. The van der Waals surface area contributed by atoms with E-state index in [1.807, 2.05) is 25.1 Å². The van der Waals surface area contributed by atoms with Gasteiger partial charge in [-0.15, -0.1) is 0 Å². The van der Waals surface area contributed by atoms with E-state index < -0.39 is 0 Å². The van der Waals surface area contributed by atoms with Crippen LogP contribution in [0, 0.1) is 18.3 Å². The molecule has 2 aromatic carbocycles. The molecule has 0 aliphatic rings. The molecule has 0 radical (unpaired) electrons. The number of halogens is 1. The van der Waals surface area contributed by atoms with Gasteiger partial charge in [0.2, 0.25) is 0 Å². The van der Waals surface area contributed by atoms with Crippen LogP contribution in [-0.4, -0.2) is 15.1 Å². The third kappa shape index (κ3) is 2.67. The number of aryl methyl sites for hydroxylation is 1. The van der Waals surface area contributed by atoms with Crippen LogP contribution < -0.4 is 0 Å². The zero-order valence-corrected chi connectivity index (χ0v) is 12.5. The lowest BCUT2D eigenvalue weighted by molar-refractivity contribution is 0.474. The van der Waals surface area contributed by atoms with Crippen molar-refractivity contribution in [1.82, 2.24) is 9.97 Å². The van der Waals surface area contributed by atoms with Gasteiger partial charge in [-0.2, -0.15) is 5.26 Å². The summed E-state index contributed by atoms with van der Waals surface area (Å²) < 4.78 is 0. The number of aromatic amines is 1. The number of aromatic hydroxyl groups is 1. The Hall–Kier alpha value is -2.77. The van der Waals surface area contributed by atoms with Crippen molar-refractivity contribution < 1.29 is 5.11 Å². The van der Waals surface area contributed by atoms with Crippen LogP contribution in [0.4, 0.5) is 0 Å². The maximum atomic E-state index is 9.86. The van der Waals surface area contributed by atoms with Crippen molar-refractivity contribution in [3.63, 3.8) is 0 Å². The number of rotatable bonds is 2. The van der Waals surface area contributed by atoms with Gasteiger partial charge in [-0.05, 0) is 48.9 Å². The van der Waals surface area contributed by atoms with Gasteiger partial charge < -0.3 is 10.1 Å². The Kier molecular flexibility index (Phi) is 3.58. The number of allylic oxidation sites excluding steroid dienone is 1. The Morgan fingerprint density at radius 3 is 2.91 bits per heavy atom. The Balaban J connectivity index is 2.11. The summed E-state index contributed by atoms with van der Waals surface area (Å²) in [6.07, 6.45) is 1.56. The molecule has 0 saturated carbocycles. The fourth-order valence-electron chi connectivity index (χ4n) is 2.20. The molecule has 3 aromatic rings. The summed E-state index contributed by atoms with van der Waals surface area (Å²) in [6, 6.07) is 12.6. The van der Waals surface area contributed by atoms with E-state index in [2.05, 4.69) is 16.0 Å². The first-order chi connectivity index (χ1) is 10.6. The third-order valence-electron chi connectivity index (χ3n) is 3.30. The number of aromatic nitrogens is 2. The molecule has 0 amide bonds. The molecule has 2 N–H and O–H groups in total. The van der Waals surface area contributed by atoms with Gasteiger partial charge in [-0.3, -0.25) is 0 Å². The van der Waals surface area contributed by atoms with Gasteiger partial charge in [0, 0.05) is 10.6 Å². The summed E-state index contributed by atoms with van der Waals surface area (Å²) in [5.41, 5.74) is 3.56. The monoisotopic (exact) mass is 309 g/mol. The van der Waals surface area contributed by atoms with Crippen LogP contribution >= 0.6 is 11.6 Å². The fourth-order valence-corrected chi connectivity index (χ4v) is 2.38. The zero-order chi connectivity index (χ0) is 15.7. The highest BCUT2D eigenvalue weighted by molar-refractivity contribution is 6.30. The number of phenolic OH excluding ortho intramolecular Hbond substituents is 1. The van der Waals surface area contributed by atoms with Crippen LogP contribution in [0.3, 0.4) is 0 Å². The van der Waals surface area contributed by atoms with Crippen molar-refractivity contribution >= 4 is 34.3 Å². The van der Waals surface area contributed by atoms with Crippen LogP contribution in [0.2, 0.25) is 5.02 Å². The number of nitriles is 1. The second-order valence-electron chi connectivity index (χ2n) is 4.98. The number of fused-ring (bicyclic) bond motifs is 1. The lowest BCUT2D eigenvalue weighted by atomic mass is 10.1. The highest BCUT2D eigenvalue weighted by atomic mass is 35.5. The number of H-pyrrole nitrogens is 1. The first kappa shape index (κ1) is 14.2. The molecule has 5 heteroatoms. The number of imidazole rings is 1. The van der Waals surface area contributed by atoms with Crippen LogP contribution in [0.1, 0.15) is 17.0 Å². The van der Waals surface area contributed by atoms with E-state index >= 15 is 0 Å². The second kappa shape index (κ2) is 5.55. The number of benzene rings is 2. The SMILES string of the molecule is Cc1ccc2nc(/C(C#N)=C/c3cc(Cl)ccc3O)[nH]c2c1. The summed E-state index contributed by atoms with van der Waals surface area (Å²) >= 11 is 5.92. The lowest BCUT2D eigenvalue weighted by Gasteiger charge is -2.00. The van der Waals surface area contributed by atoms with Gasteiger partial charge in [0.05, 0.1) is 16.6 Å². The summed E-state index contributed by atoms with van der Waals surface area (Å²) in [5, 5.41) is 19.7. The minimum Gasteiger partial charge on any atom is -0.507 e. The van der Waals surface area contributed by atoms with Gasteiger partial charge in [0.15, 0.2) is 0 Å². The average Bonchev–Trinajstić information content (AvgIpc) is 2.90. The molecule has 4 nitrogen and oxygen atoms in total. The van der Waals surface area contributed by atoms with E-state index in [0.717, 1.165) is 16.6 Å². The lowest BCUT2D eigenvalue weighted by Crippen LogP contribution is -1.85. The normalized spacial score (nSPS) is 11.6. The second-order valence-corrected chi connectivity index (χ2v) is 5.42. The smallest absolute Gasteiger partial charge is 0.149 e. The Morgan fingerprint density at radius 1 is 1.32 bits per heavy atom. The maximum Gasteiger partial charge on any atom is 0.149 e. The molecule has 108 valence electrons. The number of nitrogens with zero attached hydrogens (tertiary/aromatic N) is 2. The van der Waals surface area contributed by atoms with E-state index in [1.54, 1.807) is 18.2 Å². The minimum absolute atomic E-state index is 0.0594. The van der Waals surface area contributed by atoms with Crippen molar-refractivity contribution in [2.75, 3.05) is 0 Å². The van der Waals surface area contributed by atoms with Crippen LogP contribution in [0.25, 0.3) is 22.7 Å². The zero-order valence-electron chi connectivity index (χ0n) is 11.8. The highest BCUT2D eigenvalue weighted by Crippen LogP contribution is 2.26. The van der Waals surface area contributed by atoms with Crippen molar-refractivity contribution in [2.45, 2.75) is 6.92 Å². The van der Waals surface area contributed by atoms with Gasteiger partial charge in [0.25, 0.3) is 0 Å². The molecule has 0 atom stereocenters. The van der Waals surface area contributed by atoms with E-state index in [9.17, 15) is 10.4 Å². The molecule has 0 saturated heterocycles. The average molecular weight is 310 g/mol. The van der Waals surface area contributed by atoms with Gasteiger partial charge in [-0.1, -0.05) is 17.7 Å². The largest absolute Gasteiger partial charge is 0.507 e. The first-order valence-corrected chi connectivity index (χ1v) is 7.01. The molecule has 22 heavy (non-hydrogen) atoms. The standard InChI is InChI=1S/C17H12ClN3O/c1-10-2-4-14-15(6-10)21-17(20-14)12(9-19)7-11-8-13(18)3-5-16(11)22/h2-8,22H,1H3,(H,20,21)/b12-7+. The molecule has 0 unspecified atom stereocenters. The predicted octanol–water partition coefficient (Wildman–Crippen LogP) is 4.29. The Bertz CT molecular complexity index is 935. The predicted molar refractivity (Wildman–Crippen MR) is 87.4 cm³/mol. The van der Waals surface area contributed by atoms with Crippen molar-refractivity contribution in [2.24, 2.45) is 0 Å². The number of nitrogens with one attached hydrogen (secondary N) is 1. The van der Waals surface area contributed by atoms with E-state index in [1.165, 1.54) is 6.07 Å². The molecule has 0 aliphatic heterocycles. The van der Waals surface area contributed by atoms with E-state index in [0.29, 0.717) is 22.0 Å². The van der Waals surface area contributed by atoms with Gasteiger partial charge in [0.1, 0.15) is 17.6 Å². The minimum atomic E-state index is 0.0594.